The van der Waals surface area contributed by atoms with Gasteiger partial charge in [0.2, 0.25) is 0 Å². The van der Waals surface area contributed by atoms with Crippen molar-refractivity contribution in [2.24, 2.45) is 0 Å². The number of furan rings is 1. The lowest BCUT2D eigenvalue weighted by Gasteiger charge is -2.36. The van der Waals surface area contributed by atoms with E-state index in [1.54, 1.807) is 23.3 Å². The highest BCUT2D eigenvalue weighted by atomic mass is 35.5. The molecule has 122 valence electrons. The normalized spacial score (nSPS) is 14.9. The van der Waals surface area contributed by atoms with Gasteiger partial charge in [-0.05, 0) is 30.3 Å². The number of rotatable bonds is 3. The highest BCUT2D eigenvalue weighted by Gasteiger charge is 2.21. The summed E-state index contributed by atoms with van der Waals surface area (Å²) in [5, 5.41) is 3.95. The zero-order valence-electron chi connectivity index (χ0n) is 12.5. The van der Waals surface area contributed by atoms with Crippen LogP contribution in [0.15, 0.2) is 41.0 Å². The number of nitrogens with zero attached hydrogens (tertiary/aromatic N) is 2. The smallest absolute Gasteiger partial charge is 0.317 e. The molecule has 0 unspecified atom stereocenters. The molecule has 2 aromatic rings. The second-order valence-corrected chi connectivity index (χ2v) is 6.12. The summed E-state index contributed by atoms with van der Waals surface area (Å²) in [5.41, 5.74) is 1.02. The van der Waals surface area contributed by atoms with Crippen LogP contribution in [0.3, 0.4) is 0 Å². The molecule has 1 aromatic carbocycles. The summed E-state index contributed by atoms with van der Waals surface area (Å²) in [6.07, 6.45) is 1.59. The van der Waals surface area contributed by atoms with E-state index in [1.807, 2.05) is 18.2 Å². The standard InChI is InChI=1S/C16H17Cl2N3O2/c17-14-4-3-12(10-15(14)18)20-5-7-21(8-6-20)16(22)19-11-13-2-1-9-23-13/h1-4,9-10H,5-8,11H2,(H,19,22). The van der Waals surface area contributed by atoms with Gasteiger partial charge in [-0.2, -0.15) is 0 Å². The zero-order chi connectivity index (χ0) is 16.2. The first-order valence-electron chi connectivity index (χ1n) is 7.38. The Hall–Kier alpha value is -1.85. The van der Waals surface area contributed by atoms with Crippen molar-refractivity contribution in [1.82, 2.24) is 10.2 Å². The summed E-state index contributed by atoms with van der Waals surface area (Å²) < 4.78 is 5.20. The molecule has 0 atom stereocenters. The second-order valence-electron chi connectivity index (χ2n) is 5.31. The maximum atomic E-state index is 12.2. The average Bonchev–Trinajstić information content (AvgIpc) is 3.09. The van der Waals surface area contributed by atoms with Crippen LogP contribution >= 0.6 is 23.2 Å². The lowest BCUT2D eigenvalue weighted by molar-refractivity contribution is 0.193. The summed E-state index contributed by atoms with van der Waals surface area (Å²) in [7, 11) is 0. The summed E-state index contributed by atoms with van der Waals surface area (Å²) in [6, 6.07) is 9.16. The molecular weight excluding hydrogens is 337 g/mol. The van der Waals surface area contributed by atoms with Crippen molar-refractivity contribution in [2.45, 2.75) is 6.54 Å². The molecule has 2 amide bonds. The minimum Gasteiger partial charge on any atom is -0.467 e. The first kappa shape index (κ1) is 16.0. The first-order chi connectivity index (χ1) is 11.1. The highest BCUT2D eigenvalue weighted by molar-refractivity contribution is 6.42. The molecule has 1 aromatic heterocycles. The van der Waals surface area contributed by atoms with Crippen LogP contribution in [0.2, 0.25) is 10.0 Å². The Morgan fingerprint density at radius 1 is 1.13 bits per heavy atom. The third kappa shape index (κ3) is 3.92. The van der Waals surface area contributed by atoms with Crippen molar-refractivity contribution < 1.29 is 9.21 Å². The van der Waals surface area contributed by atoms with Crippen LogP contribution in [-0.4, -0.2) is 37.1 Å². The Morgan fingerprint density at radius 3 is 2.57 bits per heavy atom. The van der Waals surface area contributed by atoms with E-state index in [0.29, 0.717) is 29.7 Å². The summed E-state index contributed by atoms with van der Waals surface area (Å²) in [6.45, 7) is 3.23. The molecule has 0 saturated carbocycles. The lowest BCUT2D eigenvalue weighted by atomic mass is 10.2. The van der Waals surface area contributed by atoms with Crippen LogP contribution in [0.5, 0.6) is 0 Å². The molecule has 5 nitrogen and oxygen atoms in total. The van der Waals surface area contributed by atoms with E-state index in [9.17, 15) is 4.79 Å². The van der Waals surface area contributed by atoms with Gasteiger partial charge in [0.15, 0.2) is 0 Å². The maximum absolute atomic E-state index is 12.2. The predicted molar refractivity (Wildman–Crippen MR) is 91.2 cm³/mol. The third-order valence-electron chi connectivity index (χ3n) is 3.83. The molecule has 2 heterocycles. The van der Waals surface area contributed by atoms with Crippen LogP contribution in [0.25, 0.3) is 0 Å². The van der Waals surface area contributed by atoms with Crippen LogP contribution in [0, 0.1) is 0 Å². The largest absolute Gasteiger partial charge is 0.467 e. The van der Waals surface area contributed by atoms with Crippen molar-refractivity contribution in [3.63, 3.8) is 0 Å². The summed E-state index contributed by atoms with van der Waals surface area (Å²) in [4.78, 5) is 16.1. The molecule has 0 spiro atoms. The topological polar surface area (TPSA) is 48.7 Å². The number of carbonyl (C=O) groups is 1. The molecule has 3 rings (SSSR count). The van der Waals surface area contributed by atoms with Crippen LogP contribution in [-0.2, 0) is 6.54 Å². The van der Waals surface area contributed by atoms with E-state index >= 15 is 0 Å². The Kier molecular flexibility index (Phi) is 4.98. The lowest BCUT2D eigenvalue weighted by Crippen LogP contribution is -2.51. The van der Waals surface area contributed by atoms with Gasteiger partial charge >= 0.3 is 6.03 Å². The van der Waals surface area contributed by atoms with E-state index in [2.05, 4.69) is 10.2 Å². The van der Waals surface area contributed by atoms with Gasteiger partial charge < -0.3 is 19.5 Å². The van der Waals surface area contributed by atoms with Gasteiger partial charge in [0.1, 0.15) is 5.76 Å². The van der Waals surface area contributed by atoms with Crippen molar-refractivity contribution in [3.05, 3.63) is 52.4 Å². The van der Waals surface area contributed by atoms with Gasteiger partial charge in [-0.1, -0.05) is 23.2 Å². The molecule has 1 aliphatic heterocycles. The Morgan fingerprint density at radius 2 is 1.91 bits per heavy atom. The van der Waals surface area contributed by atoms with Crippen LogP contribution in [0.4, 0.5) is 10.5 Å². The van der Waals surface area contributed by atoms with E-state index < -0.39 is 0 Å². The number of hydrogen-bond donors (Lipinski definition) is 1. The number of amides is 2. The van der Waals surface area contributed by atoms with E-state index in [-0.39, 0.29) is 6.03 Å². The van der Waals surface area contributed by atoms with Gasteiger partial charge in [-0.15, -0.1) is 0 Å². The molecule has 0 bridgehead atoms. The molecule has 7 heteroatoms. The van der Waals surface area contributed by atoms with Gasteiger partial charge in [0.25, 0.3) is 0 Å². The number of hydrogen-bond acceptors (Lipinski definition) is 3. The van der Waals surface area contributed by atoms with Gasteiger partial charge in [-0.3, -0.25) is 0 Å². The number of halogens is 2. The number of benzene rings is 1. The van der Waals surface area contributed by atoms with Crippen LogP contribution < -0.4 is 10.2 Å². The summed E-state index contributed by atoms with van der Waals surface area (Å²) in [5.74, 6) is 0.743. The molecule has 1 fully saturated rings. The fraction of sp³-hybridized carbons (Fsp3) is 0.312. The zero-order valence-corrected chi connectivity index (χ0v) is 14.0. The molecule has 1 N–H and O–H groups in total. The number of piperazine rings is 1. The number of carbonyl (C=O) groups excluding carboxylic acids is 1. The average molecular weight is 354 g/mol. The predicted octanol–water partition coefficient (Wildman–Crippen LogP) is 3.62. The van der Waals surface area contributed by atoms with Crippen molar-refractivity contribution in [1.29, 1.82) is 0 Å². The molecule has 0 radical (unpaired) electrons. The van der Waals surface area contributed by atoms with E-state index in [4.69, 9.17) is 27.6 Å². The minimum atomic E-state index is -0.0739. The van der Waals surface area contributed by atoms with E-state index in [1.165, 1.54) is 0 Å². The summed E-state index contributed by atoms with van der Waals surface area (Å²) >= 11 is 12.0. The quantitative estimate of drug-likeness (QED) is 0.916. The Balaban J connectivity index is 1.51. The number of urea groups is 1. The minimum absolute atomic E-state index is 0.0739. The van der Waals surface area contributed by atoms with Gasteiger partial charge in [0.05, 0.1) is 22.9 Å². The Bertz CT molecular complexity index is 668. The van der Waals surface area contributed by atoms with Crippen molar-refractivity contribution in [3.8, 4) is 0 Å². The Labute approximate surface area is 144 Å². The monoisotopic (exact) mass is 353 g/mol. The number of anilines is 1. The first-order valence-corrected chi connectivity index (χ1v) is 8.14. The molecule has 23 heavy (non-hydrogen) atoms. The molecule has 1 saturated heterocycles. The molecule has 0 aliphatic carbocycles. The van der Waals surface area contributed by atoms with Crippen LogP contribution in [0.1, 0.15) is 5.76 Å². The van der Waals surface area contributed by atoms with Gasteiger partial charge in [-0.25, -0.2) is 4.79 Å². The van der Waals surface area contributed by atoms with Crippen molar-refractivity contribution >= 4 is 34.9 Å². The third-order valence-corrected chi connectivity index (χ3v) is 4.57. The number of nitrogens with one attached hydrogen (secondary N) is 1. The van der Waals surface area contributed by atoms with Crippen molar-refractivity contribution in [2.75, 3.05) is 31.1 Å². The fourth-order valence-electron chi connectivity index (χ4n) is 2.54. The highest BCUT2D eigenvalue weighted by Crippen LogP contribution is 2.27. The SMILES string of the molecule is O=C(NCc1ccco1)N1CCN(c2ccc(Cl)c(Cl)c2)CC1. The maximum Gasteiger partial charge on any atom is 0.317 e. The molecular formula is C16H17Cl2N3O2. The molecule has 1 aliphatic rings. The second kappa shape index (κ2) is 7.15. The van der Waals surface area contributed by atoms with Gasteiger partial charge in [0, 0.05) is 31.9 Å². The van der Waals surface area contributed by atoms with E-state index in [0.717, 1.165) is 24.5 Å². The fourth-order valence-corrected chi connectivity index (χ4v) is 2.83.